The Bertz CT molecular complexity index is 4570. The van der Waals surface area contributed by atoms with Crippen LogP contribution in [0.1, 0.15) is 110 Å². The molecule has 4 aromatic carbocycles. The minimum atomic E-state index is -0.953. The summed E-state index contributed by atoms with van der Waals surface area (Å²) in [6.07, 6.45) is 4.15. The summed E-state index contributed by atoms with van der Waals surface area (Å²) in [4.78, 5) is 87.8. The van der Waals surface area contributed by atoms with E-state index in [4.69, 9.17) is 37.4 Å². The van der Waals surface area contributed by atoms with Crippen molar-refractivity contribution >= 4 is 85.7 Å². The van der Waals surface area contributed by atoms with E-state index >= 15 is 22.4 Å². The van der Waals surface area contributed by atoms with Gasteiger partial charge >= 0.3 is 6.09 Å². The molecule has 8 heterocycles. The molecule has 2 fully saturated rings. The number of amides is 3. The van der Waals surface area contributed by atoms with E-state index in [0.29, 0.717) is 57.9 Å². The van der Waals surface area contributed by atoms with Gasteiger partial charge in [-0.1, -0.05) is 70.0 Å². The van der Waals surface area contributed by atoms with Crippen molar-refractivity contribution in [2.75, 3.05) is 67.5 Å². The summed E-state index contributed by atoms with van der Waals surface area (Å²) in [7, 11) is 5.79. The molecule has 4 atom stereocenters. The second kappa shape index (κ2) is 24.7. The predicted molar refractivity (Wildman–Crippen MR) is 356 cm³/mol. The third-order valence-corrected chi connectivity index (χ3v) is 18.6. The summed E-state index contributed by atoms with van der Waals surface area (Å²) >= 11 is 13.7. The minimum absolute atomic E-state index is 0.0151. The summed E-state index contributed by atoms with van der Waals surface area (Å²) in [6, 6.07) is 13.0. The first-order chi connectivity index (χ1) is 43.9. The summed E-state index contributed by atoms with van der Waals surface area (Å²) in [5.74, 6) is -3.84. The summed E-state index contributed by atoms with van der Waals surface area (Å²) in [5.41, 5.74) is 1.01. The molecule has 2 saturated heterocycles. The second-order valence-electron chi connectivity index (χ2n) is 26.0. The molecular formula is C70H73Cl2F4N9O8. The van der Waals surface area contributed by atoms with E-state index in [2.05, 4.69) is 16.9 Å². The highest BCUT2D eigenvalue weighted by Gasteiger charge is 2.48. The molecule has 0 aliphatic carbocycles. The molecule has 488 valence electrons. The van der Waals surface area contributed by atoms with Crippen LogP contribution in [0.3, 0.4) is 0 Å². The first-order valence-corrected chi connectivity index (χ1v) is 31.6. The van der Waals surface area contributed by atoms with Gasteiger partial charge in [0.1, 0.15) is 52.2 Å². The van der Waals surface area contributed by atoms with Crippen LogP contribution in [-0.2, 0) is 14.3 Å². The van der Waals surface area contributed by atoms with Gasteiger partial charge in [0, 0.05) is 67.5 Å². The van der Waals surface area contributed by atoms with E-state index in [1.54, 1.807) is 70.2 Å². The maximum atomic E-state index is 17.6. The number of nitrogens with zero attached hydrogens (tertiary/aromatic N) is 9. The maximum Gasteiger partial charge on any atom is 0.410 e. The third kappa shape index (κ3) is 10.8. The maximum absolute atomic E-state index is 17.6. The van der Waals surface area contributed by atoms with E-state index in [0.717, 1.165) is 6.42 Å². The van der Waals surface area contributed by atoms with Crippen LogP contribution in [0, 0.1) is 43.0 Å². The zero-order valence-electron chi connectivity index (χ0n) is 54.5. The molecule has 3 amide bonds. The summed E-state index contributed by atoms with van der Waals surface area (Å²) in [6.45, 7) is 21.1. The Morgan fingerprint density at radius 3 is 1.44 bits per heavy atom. The van der Waals surface area contributed by atoms with Gasteiger partial charge in [0.25, 0.3) is 17.0 Å². The second-order valence-corrected chi connectivity index (χ2v) is 26.8. The molecule has 4 aliphatic rings. The third-order valence-electron chi connectivity index (χ3n) is 18.0. The number of aryl methyl sites for hydroxylation is 2. The highest BCUT2D eigenvalue weighted by Crippen LogP contribution is 2.51. The number of benzene rings is 4. The minimum Gasteiger partial charge on any atom is -0.496 e. The smallest absolute Gasteiger partial charge is 0.410 e. The Hall–Kier alpha value is -8.69. The van der Waals surface area contributed by atoms with Crippen molar-refractivity contribution in [3.63, 3.8) is 0 Å². The molecule has 0 radical (unpaired) electrons. The lowest BCUT2D eigenvalue weighted by Gasteiger charge is -2.50. The quantitative estimate of drug-likeness (QED) is 0.132. The molecule has 4 aliphatic heterocycles. The van der Waals surface area contributed by atoms with Crippen molar-refractivity contribution in [2.45, 2.75) is 125 Å². The fraction of sp³-hybridized carbons (Fsp3) is 0.386. The molecule has 4 aromatic heterocycles. The van der Waals surface area contributed by atoms with E-state index in [-0.39, 0.29) is 114 Å². The van der Waals surface area contributed by atoms with Crippen LogP contribution in [0.5, 0.6) is 11.5 Å². The van der Waals surface area contributed by atoms with Gasteiger partial charge in [-0.15, -0.1) is 0 Å². The van der Waals surface area contributed by atoms with Gasteiger partial charge in [0.15, 0.2) is 11.6 Å². The molecule has 93 heavy (non-hydrogen) atoms. The number of anilines is 4. The fourth-order valence-corrected chi connectivity index (χ4v) is 14.3. The van der Waals surface area contributed by atoms with Crippen LogP contribution in [0.2, 0.25) is 10.0 Å². The SMILES string of the molecule is COc1cccc(F)c1-c1c(Cl)cc2c3c(c(=O)n(-c4c(C)ccnc4C(C)C)c2c1F)N(C)C(=O)[C@H]1CC[C@H](C)CN31.COc1cccc(F)c1-c1c(Cl)cc2c3c(c(=O)n(-c4c(C)ccnc4C(C)C)c2c1F)N(C)C(=O)[C@H]1CN(C(=O)OC(C)(C)C)[C@H](C)CN31. The molecule has 23 heteroatoms. The van der Waals surface area contributed by atoms with Crippen molar-refractivity contribution in [3.8, 4) is 45.1 Å². The Morgan fingerprint density at radius 2 is 1.02 bits per heavy atom. The van der Waals surface area contributed by atoms with Crippen molar-refractivity contribution in [3.05, 3.63) is 150 Å². The molecule has 0 bridgehead atoms. The Kier molecular flexibility index (Phi) is 17.4. The number of hydrogen-bond donors (Lipinski definition) is 0. The average molecular weight is 1320 g/mol. The topological polar surface area (TPSA) is 165 Å². The molecule has 8 aromatic rings. The lowest BCUT2D eigenvalue weighted by molar-refractivity contribution is -0.121. The number of halogens is 6. The van der Waals surface area contributed by atoms with Crippen LogP contribution in [0.4, 0.5) is 45.1 Å². The van der Waals surface area contributed by atoms with Crippen molar-refractivity contribution in [1.82, 2.24) is 24.0 Å². The number of piperidine rings is 1. The highest BCUT2D eigenvalue weighted by molar-refractivity contribution is 6.35. The van der Waals surface area contributed by atoms with E-state index < -0.39 is 70.1 Å². The molecular weight excluding hydrogens is 1240 g/mol. The van der Waals surface area contributed by atoms with Gasteiger partial charge in [0.2, 0.25) is 5.91 Å². The van der Waals surface area contributed by atoms with Crippen LogP contribution in [-0.4, -0.2) is 114 Å². The number of ether oxygens (including phenoxy) is 3. The van der Waals surface area contributed by atoms with Crippen LogP contribution in [0.25, 0.3) is 55.4 Å². The van der Waals surface area contributed by atoms with Crippen molar-refractivity contribution in [1.29, 1.82) is 0 Å². The normalized spacial score (nSPS) is 18.0. The number of fused-ring (bicyclic) bond motifs is 10. The van der Waals surface area contributed by atoms with Crippen LogP contribution in [0.15, 0.2) is 82.6 Å². The van der Waals surface area contributed by atoms with E-state index in [1.807, 2.05) is 46.4 Å². The molecule has 0 unspecified atom stereocenters. The number of aromatic nitrogens is 4. The predicted octanol–water partition coefficient (Wildman–Crippen LogP) is 14.2. The van der Waals surface area contributed by atoms with Crippen LogP contribution >= 0.6 is 23.2 Å². The Labute approximate surface area is 546 Å². The first-order valence-electron chi connectivity index (χ1n) is 30.8. The largest absolute Gasteiger partial charge is 0.496 e. The molecule has 12 rings (SSSR count). The van der Waals surface area contributed by atoms with Gasteiger partial charge in [-0.25, -0.2) is 22.4 Å². The van der Waals surface area contributed by atoms with E-state index in [9.17, 15) is 19.2 Å². The number of piperazine rings is 1. The number of methoxy groups -OCH3 is 2. The summed E-state index contributed by atoms with van der Waals surface area (Å²) in [5, 5.41) is 0.400. The van der Waals surface area contributed by atoms with E-state index in [1.165, 1.54) is 87.6 Å². The number of carbonyl (C=O) groups excluding carboxylic acids is 3. The number of carbonyl (C=O) groups is 3. The highest BCUT2D eigenvalue weighted by atomic mass is 35.5. The first kappa shape index (κ1) is 65.8. The molecule has 17 nitrogen and oxygen atoms in total. The molecule has 0 spiro atoms. The number of hydrogen-bond acceptors (Lipinski definition) is 12. The standard InChI is InChI=1S/C37H40ClF2N5O5.C33H33ClF2N4O3/c1-18(2)29-30(19(3)13-14-41-29)45-31-21(15-22(38)26(28(31)40)27-23(39)11-10-12-25(27)49-9)32-33(35(45)47)42(8)34(46)24-17-43(20(4)16-44(24)32)36(48)50-37(5,6)7;1-16(2)27-28(18(4)12-13-37-27)40-29-19(14-20(34)24(26(29)36)25-21(35)8-7-9-23(25)43-6)30-31(33(40)42)38(5)32(41)22-11-10-17(3)15-39(22)30/h10-15,18,20,24H,16-17H2,1-9H3;7-9,12-14,16-17,22H,10-11,15H2,1-6H3/t20-,24-;17-,22+/m10/s1. The van der Waals surface area contributed by atoms with Gasteiger partial charge in [-0.05, 0) is 132 Å². The van der Waals surface area contributed by atoms with Gasteiger partial charge in [-0.3, -0.25) is 38.3 Å². The average Bonchev–Trinajstić information content (AvgIpc) is 0.709. The monoisotopic (exact) mass is 1310 g/mol. The zero-order valence-corrected chi connectivity index (χ0v) is 56.0. The van der Waals surface area contributed by atoms with Gasteiger partial charge < -0.3 is 38.7 Å². The number of rotatable bonds is 8. The Morgan fingerprint density at radius 1 is 0.591 bits per heavy atom. The fourth-order valence-electron chi connectivity index (χ4n) is 13.7. The molecule has 0 saturated carbocycles. The lowest BCUT2D eigenvalue weighted by Crippen LogP contribution is -2.66. The lowest BCUT2D eigenvalue weighted by atomic mass is 9.89. The molecule has 0 N–H and O–H groups in total. The van der Waals surface area contributed by atoms with Crippen LogP contribution < -0.4 is 40.2 Å². The van der Waals surface area contributed by atoms with Gasteiger partial charge in [0.05, 0.1) is 87.1 Å². The van der Waals surface area contributed by atoms with Gasteiger partial charge in [-0.2, -0.15) is 0 Å². The van der Waals surface area contributed by atoms with Crippen molar-refractivity contribution in [2.24, 2.45) is 5.92 Å². The number of likely N-dealkylation sites (N-methyl/N-ethyl adjacent to an activating group) is 2. The number of pyridine rings is 4. The zero-order chi connectivity index (χ0) is 67.5. The van der Waals surface area contributed by atoms with Crippen molar-refractivity contribution < 1.29 is 46.2 Å². The summed E-state index contributed by atoms with van der Waals surface area (Å²) < 4.78 is 85.0. The Balaban J connectivity index is 0.000000192.